The Balaban J connectivity index is 1.59. The van der Waals surface area contributed by atoms with Gasteiger partial charge in [-0.3, -0.25) is 4.79 Å². The van der Waals surface area contributed by atoms with Crippen molar-refractivity contribution in [1.82, 2.24) is 4.90 Å². The molecule has 0 atom stereocenters. The largest absolute Gasteiger partial charge is 0.486 e. The molecule has 0 bridgehead atoms. The number of aryl methyl sites for hydroxylation is 2. The summed E-state index contributed by atoms with van der Waals surface area (Å²) in [4.78, 5) is 28.3. The monoisotopic (exact) mass is 389 g/mol. The summed E-state index contributed by atoms with van der Waals surface area (Å²) in [6, 6.07) is 7.43. The average molecular weight is 389 g/mol. The smallest absolute Gasteiger partial charge is 0.339 e. The summed E-state index contributed by atoms with van der Waals surface area (Å²) in [5, 5.41) is 0. The maximum atomic E-state index is 12.5. The van der Waals surface area contributed by atoms with Crippen LogP contribution in [0.1, 0.15) is 32.6 Å². The van der Waals surface area contributed by atoms with Gasteiger partial charge in [0.2, 0.25) is 0 Å². The molecule has 144 valence electrons. The molecule has 27 heavy (non-hydrogen) atoms. The highest BCUT2D eigenvalue weighted by molar-refractivity contribution is 7.12. The number of likely N-dealkylation sites (N-methyl/N-ethyl adjacent to an activating group) is 1. The van der Waals surface area contributed by atoms with E-state index in [1.165, 1.54) is 11.3 Å². The van der Waals surface area contributed by atoms with Crippen molar-refractivity contribution in [1.29, 1.82) is 0 Å². The lowest BCUT2D eigenvalue weighted by Gasteiger charge is -2.23. The van der Waals surface area contributed by atoms with Crippen LogP contribution >= 0.6 is 11.3 Å². The number of thiophene rings is 1. The van der Waals surface area contributed by atoms with E-state index in [1.807, 2.05) is 39.0 Å². The minimum Gasteiger partial charge on any atom is -0.486 e. The van der Waals surface area contributed by atoms with Crippen molar-refractivity contribution in [2.45, 2.75) is 27.3 Å². The van der Waals surface area contributed by atoms with E-state index >= 15 is 0 Å². The second-order valence-electron chi connectivity index (χ2n) is 6.29. The van der Waals surface area contributed by atoms with Crippen molar-refractivity contribution in [2.75, 3.05) is 26.4 Å². The van der Waals surface area contributed by atoms with Crippen LogP contribution in [0.3, 0.4) is 0 Å². The van der Waals surface area contributed by atoms with Crippen LogP contribution in [0, 0.1) is 13.8 Å². The summed E-state index contributed by atoms with van der Waals surface area (Å²) in [7, 11) is 0. The van der Waals surface area contributed by atoms with E-state index in [9.17, 15) is 9.59 Å². The van der Waals surface area contributed by atoms with Crippen LogP contribution in [-0.2, 0) is 16.1 Å². The van der Waals surface area contributed by atoms with E-state index in [0.717, 1.165) is 21.1 Å². The Morgan fingerprint density at radius 3 is 2.56 bits per heavy atom. The molecule has 0 unspecified atom stereocenters. The third-order valence-electron chi connectivity index (χ3n) is 4.30. The van der Waals surface area contributed by atoms with Gasteiger partial charge >= 0.3 is 5.97 Å². The Kier molecular flexibility index (Phi) is 6.01. The molecule has 0 fully saturated rings. The van der Waals surface area contributed by atoms with Gasteiger partial charge in [-0.25, -0.2) is 4.79 Å². The molecule has 1 aliphatic heterocycles. The first-order valence-electron chi connectivity index (χ1n) is 8.88. The van der Waals surface area contributed by atoms with E-state index in [-0.39, 0.29) is 12.5 Å². The third-order valence-corrected chi connectivity index (χ3v) is 5.27. The van der Waals surface area contributed by atoms with Crippen LogP contribution in [0.2, 0.25) is 0 Å². The summed E-state index contributed by atoms with van der Waals surface area (Å²) in [6.07, 6.45) is 0. The topological polar surface area (TPSA) is 65.1 Å². The van der Waals surface area contributed by atoms with E-state index in [2.05, 4.69) is 0 Å². The van der Waals surface area contributed by atoms with Gasteiger partial charge in [0.05, 0.1) is 5.56 Å². The number of carbonyl (C=O) groups excluding carboxylic acids is 2. The number of esters is 1. The van der Waals surface area contributed by atoms with Crippen molar-refractivity contribution in [3.63, 3.8) is 0 Å². The van der Waals surface area contributed by atoms with Crippen molar-refractivity contribution in [2.24, 2.45) is 0 Å². The summed E-state index contributed by atoms with van der Waals surface area (Å²) >= 11 is 1.54. The molecule has 2 aromatic rings. The third kappa shape index (κ3) is 4.60. The minimum atomic E-state index is -0.458. The van der Waals surface area contributed by atoms with Crippen LogP contribution < -0.4 is 9.47 Å². The number of hydrogen-bond acceptors (Lipinski definition) is 6. The first kappa shape index (κ1) is 19.2. The molecule has 0 saturated heterocycles. The highest BCUT2D eigenvalue weighted by Crippen LogP contribution is 2.31. The molecule has 0 saturated carbocycles. The molecule has 0 N–H and O–H groups in total. The molecule has 1 aromatic heterocycles. The molecule has 6 nitrogen and oxygen atoms in total. The van der Waals surface area contributed by atoms with Gasteiger partial charge in [-0.05, 0) is 44.5 Å². The number of fused-ring (bicyclic) bond motifs is 1. The molecular formula is C20H23NO5S. The van der Waals surface area contributed by atoms with Crippen molar-refractivity contribution < 1.29 is 23.8 Å². The molecule has 1 aromatic carbocycles. The Labute approximate surface area is 162 Å². The zero-order valence-corrected chi connectivity index (χ0v) is 16.6. The predicted molar refractivity (Wildman–Crippen MR) is 103 cm³/mol. The zero-order chi connectivity index (χ0) is 19.4. The molecule has 7 heteroatoms. The van der Waals surface area contributed by atoms with Gasteiger partial charge in [0, 0.05) is 22.8 Å². The van der Waals surface area contributed by atoms with Crippen molar-refractivity contribution >= 4 is 23.2 Å². The maximum absolute atomic E-state index is 12.5. The molecule has 2 heterocycles. The lowest BCUT2D eigenvalue weighted by molar-refractivity contribution is -0.134. The SMILES string of the molecule is CCN(Cc1ccc2c(c1)OCCO2)C(=O)COC(=O)c1cc(C)sc1C. The molecular weight excluding hydrogens is 366 g/mol. The Bertz CT molecular complexity index is 845. The predicted octanol–water partition coefficient (Wildman–Crippen LogP) is 3.34. The molecule has 0 aliphatic carbocycles. The number of ether oxygens (including phenoxy) is 3. The van der Waals surface area contributed by atoms with Crippen LogP contribution in [0.25, 0.3) is 0 Å². The second-order valence-corrected chi connectivity index (χ2v) is 7.75. The fourth-order valence-electron chi connectivity index (χ4n) is 2.91. The van der Waals surface area contributed by atoms with Gasteiger partial charge in [-0.2, -0.15) is 0 Å². The molecule has 0 spiro atoms. The Morgan fingerprint density at radius 1 is 1.15 bits per heavy atom. The number of rotatable bonds is 6. The number of amides is 1. The molecule has 0 radical (unpaired) electrons. The summed E-state index contributed by atoms with van der Waals surface area (Å²) in [5.41, 5.74) is 1.46. The maximum Gasteiger partial charge on any atom is 0.339 e. The van der Waals surface area contributed by atoms with Gasteiger partial charge in [0.1, 0.15) is 13.2 Å². The Hall–Kier alpha value is -2.54. The summed E-state index contributed by atoms with van der Waals surface area (Å²) in [6.45, 7) is 7.42. The standard InChI is InChI=1S/C20H23NO5S/c1-4-21(11-15-5-6-17-18(10-15)25-8-7-24-17)19(22)12-26-20(23)16-9-13(2)27-14(16)3/h5-6,9-10H,4,7-8,11-12H2,1-3H3. The number of nitrogens with zero attached hydrogens (tertiary/aromatic N) is 1. The molecule has 1 aliphatic rings. The van der Waals surface area contributed by atoms with Crippen molar-refractivity contribution in [3.05, 3.63) is 45.1 Å². The van der Waals surface area contributed by atoms with Gasteiger partial charge < -0.3 is 19.1 Å². The Morgan fingerprint density at radius 2 is 1.89 bits per heavy atom. The quantitative estimate of drug-likeness (QED) is 0.709. The van der Waals surface area contributed by atoms with E-state index in [0.29, 0.717) is 37.6 Å². The summed E-state index contributed by atoms with van der Waals surface area (Å²) in [5.74, 6) is 0.720. The van der Waals surface area contributed by atoms with Gasteiger partial charge in [-0.1, -0.05) is 6.07 Å². The lowest BCUT2D eigenvalue weighted by atomic mass is 10.1. The second kappa shape index (κ2) is 8.43. The number of carbonyl (C=O) groups is 2. The lowest BCUT2D eigenvalue weighted by Crippen LogP contribution is -2.34. The van der Waals surface area contributed by atoms with E-state index in [4.69, 9.17) is 14.2 Å². The van der Waals surface area contributed by atoms with Crippen LogP contribution in [-0.4, -0.2) is 43.1 Å². The molecule has 1 amide bonds. The normalized spacial score (nSPS) is 12.6. The fraction of sp³-hybridized carbons (Fsp3) is 0.400. The average Bonchev–Trinajstić information content (AvgIpc) is 3.02. The molecule has 3 rings (SSSR count). The minimum absolute atomic E-state index is 0.231. The first-order valence-corrected chi connectivity index (χ1v) is 9.70. The van der Waals surface area contributed by atoms with Gasteiger partial charge in [0.15, 0.2) is 18.1 Å². The summed E-state index contributed by atoms with van der Waals surface area (Å²) < 4.78 is 16.3. The highest BCUT2D eigenvalue weighted by atomic mass is 32.1. The van der Waals surface area contributed by atoms with Crippen LogP contribution in [0.15, 0.2) is 24.3 Å². The van der Waals surface area contributed by atoms with Gasteiger partial charge in [0.25, 0.3) is 5.91 Å². The number of hydrogen-bond donors (Lipinski definition) is 0. The zero-order valence-electron chi connectivity index (χ0n) is 15.7. The highest BCUT2D eigenvalue weighted by Gasteiger charge is 2.19. The fourth-order valence-corrected chi connectivity index (χ4v) is 3.82. The number of benzene rings is 1. The van der Waals surface area contributed by atoms with Crippen LogP contribution in [0.4, 0.5) is 0 Å². The van der Waals surface area contributed by atoms with Crippen LogP contribution in [0.5, 0.6) is 11.5 Å². The van der Waals surface area contributed by atoms with Crippen molar-refractivity contribution in [3.8, 4) is 11.5 Å². The first-order chi connectivity index (χ1) is 13.0. The van der Waals surface area contributed by atoms with E-state index in [1.54, 1.807) is 11.0 Å². The van der Waals surface area contributed by atoms with Gasteiger partial charge in [-0.15, -0.1) is 11.3 Å². The van der Waals surface area contributed by atoms with E-state index < -0.39 is 5.97 Å².